The Hall–Kier alpha value is -1.22. The molecule has 1 rings (SSSR count). The van der Waals surface area contributed by atoms with Gasteiger partial charge in [0.2, 0.25) is 0 Å². The summed E-state index contributed by atoms with van der Waals surface area (Å²) in [6.07, 6.45) is 2.96. The fraction of sp³-hybridized carbons (Fsp3) is 0.650. The Bertz CT molecular complexity index is 549. The number of ether oxygens (including phenoxy) is 2. The molecular weight excluding hydrogens is 457 g/mol. The second kappa shape index (κ2) is 14.8. The molecule has 7 heteroatoms. The van der Waals surface area contributed by atoms with E-state index >= 15 is 0 Å². The quantitative estimate of drug-likeness (QED) is 0.249. The molecule has 0 fully saturated rings. The molecule has 0 aliphatic rings. The molecule has 1 aromatic carbocycles. The summed E-state index contributed by atoms with van der Waals surface area (Å²) in [6.45, 7) is 7.97. The van der Waals surface area contributed by atoms with Gasteiger partial charge < -0.3 is 25.2 Å². The molecule has 0 spiro atoms. The van der Waals surface area contributed by atoms with Gasteiger partial charge in [-0.3, -0.25) is 4.99 Å². The van der Waals surface area contributed by atoms with Gasteiger partial charge in [-0.25, -0.2) is 0 Å². The van der Waals surface area contributed by atoms with Gasteiger partial charge in [0.15, 0.2) is 5.96 Å². The van der Waals surface area contributed by atoms with E-state index in [9.17, 15) is 5.11 Å². The van der Waals surface area contributed by atoms with Crippen LogP contribution in [0.25, 0.3) is 0 Å². The molecule has 2 atom stereocenters. The largest absolute Gasteiger partial charge is 0.497 e. The lowest BCUT2D eigenvalue weighted by Gasteiger charge is -2.21. The molecule has 0 radical (unpaired) electrons. The van der Waals surface area contributed by atoms with Crippen LogP contribution >= 0.6 is 24.0 Å². The first-order chi connectivity index (χ1) is 12.6. The first-order valence-electron chi connectivity index (χ1n) is 9.47. The molecular formula is C20H36IN3O3. The number of aliphatic imine (C=N–C) groups is 1. The molecule has 0 amide bonds. The molecule has 27 heavy (non-hydrogen) atoms. The van der Waals surface area contributed by atoms with Gasteiger partial charge in [0.05, 0.1) is 20.3 Å². The molecule has 0 saturated heterocycles. The lowest BCUT2D eigenvalue weighted by Crippen LogP contribution is -2.39. The van der Waals surface area contributed by atoms with Crippen molar-refractivity contribution < 1.29 is 14.6 Å². The molecule has 0 saturated carbocycles. The summed E-state index contributed by atoms with van der Waals surface area (Å²) in [7, 11) is 3.33. The van der Waals surface area contributed by atoms with Crippen molar-refractivity contribution in [3.63, 3.8) is 0 Å². The molecule has 0 bridgehead atoms. The number of hydrogen-bond acceptors (Lipinski definition) is 4. The van der Waals surface area contributed by atoms with Crippen LogP contribution in [0.4, 0.5) is 0 Å². The van der Waals surface area contributed by atoms with Gasteiger partial charge in [-0.1, -0.05) is 13.3 Å². The zero-order chi connectivity index (χ0) is 19.4. The summed E-state index contributed by atoms with van der Waals surface area (Å²) in [6, 6.07) is 5.78. The van der Waals surface area contributed by atoms with Crippen molar-refractivity contribution in [1.82, 2.24) is 10.6 Å². The van der Waals surface area contributed by atoms with Gasteiger partial charge >= 0.3 is 0 Å². The summed E-state index contributed by atoms with van der Waals surface area (Å²) in [4.78, 5) is 4.73. The Morgan fingerprint density at radius 2 is 1.93 bits per heavy atom. The summed E-state index contributed by atoms with van der Waals surface area (Å²) < 4.78 is 10.8. The number of benzene rings is 1. The van der Waals surface area contributed by atoms with E-state index in [1.165, 1.54) is 0 Å². The van der Waals surface area contributed by atoms with Crippen LogP contribution in [0.2, 0.25) is 0 Å². The van der Waals surface area contributed by atoms with Gasteiger partial charge in [0.25, 0.3) is 0 Å². The van der Waals surface area contributed by atoms with E-state index in [0.717, 1.165) is 48.8 Å². The van der Waals surface area contributed by atoms with Crippen LogP contribution in [0, 0.1) is 5.92 Å². The zero-order valence-corrected chi connectivity index (χ0v) is 19.6. The smallest absolute Gasteiger partial charge is 0.191 e. The number of nitrogens with zero attached hydrogens (tertiary/aromatic N) is 1. The van der Waals surface area contributed by atoms with E-state index in [1.807, 2.05) is 25.1 Å². The third-order valence-electron chi connectivity index (χ3n) is 4.34. The third kappa shape index (κ3) is 9.01. The molecule has 156 valence electrons. The van der Waals surface area contributed by atoms with Crippen molar-refractivity contribution in [1.29, 1.82) is 0 Å². The molecule has 0 heterocycles. The molecule has 3 N–H and O–H groups in total. The maximum Gasteiger partial charge on any atom is 0.191 e. The van der Waals surface area contributed by atoms with Crippen molar-refractivity contribution in [2.24, 2.45) is 10.9 Å². The Morgan fingerprint density at radius 1 is 1.19 bits per heavy atom. The zero-order valence-electron chi connectivity index (χ0n) is 17.2. The Kier molecular flexibility index (Phi) is 14.1. The number of guanidine groups is 1. The Morgan fingerprint density at radius 3 is 2.48 bits per heavy atom. The van der Waals surface area contributed by atoms with Gasteiger partial charge in [0, 0.05) is 25.3 Å². The SMILES string of the molecule is CCCC(CCO)CN=C(NCC)NC(C)c1cc(OC)ccc1OC.I. The van der Waals surface area contributed by atoms with Crippen LogP contribution in [0.15, 0.2) is 23.2 Å². The molecule has 1 aromatic rings. The second-order valence-electron chi connectivity index (χ2n) is 6.36. The van der Waals surface area contributed by atoms with Crippen molar-refractivity contribution in [2.45, 2.75) is 46.1 Å². The van der Waals surface area contributed by atoms with Crippen LogP contribution in [0.1, 0.15) is 51.6 Å². The second-order valence-corrected chi connectivity index (χ2v) is 6.36. The minimum atomic E-state index is 0. The van der Waals surface area contributed by atoms with Crippen LogP contribution in [-0.2, 0) is 0 Å². The fourth-order valence-electron chi connectivity index (χ4n) is 2.92. The van der Waals surface area contributed by atoms with Crippen LogP contribution in [0.5, 0.6) is 11.5 Å². The first-order valence-corrected chi connectivity index (χ1v) is 9.47. The average molecular weight is 493 g/mol. The van der Waals surface area contributed by atoms with Gasteiger partial charge in [-0.15, -0.1) is 24.0 Å². The number of rotatable bonds is 11. The topological polar surface area (TPSA) is 75.1 Å². The number of aliphatic hydroxyl groups excluding tert-OH is 1. The van der Waals surface area contributed by atoms with Gasteiger partial charge in [-0.2, -0.15) is 0 Å². The van der Waals surface area contributed by atoms with Crippen LogP contribution < -0.4 is 20.1 Å². The maximum atomic E-state index is 9.23. The molecule has 0 aliphatic carbocycles. The van der Waals surface area contributed by atoms with Crippen molar-refractivity contribution >= 4 is 29.9 Å². The summed E-state index contributed by atoms with van der Waals surface area (Å²) >= 11 is 0. The normalized spacial score (nSPS) is 13.3. The van der Waals surface area contributed by atoms with Crippen molar-refractivity contribution in [2.75, 3.05) is 33.9 Å². The minimum Gasteiger partial charge on any atom is -0.497 e. The summed E-state index contributed by atoms with van der Waals surface area (Å²) in [5.41, 5.74) is 1.01. The monoisotopic (exact) mass is 493 g/mol. The molecule has 6 nitrogen and oxygen atoms in total. The highest BCUT2D eigenvalue weighted by Crippen LogP contribution is 2.29. The van der Waals surface area contributed by atoms with E-state index < -0.39 is 0 Å². The van der Waals surface area contributed by atoms with Crippen molar-refractivity contribution in [3.05, 3.63) is 23.8 Å². The van der Waals surface area contributed by atoms with Gasteiger partial charge in [-0.05, 0) is 50.8 Å². The van der Waals surface area contributed by atoms with Gasteiger partial charge in [0.1, 0.15) is 11.5 Å². The number of nitrogens with one attached hydrogen (secondary N) is 2. The Balaban J connectivity index is 0.00000676. The average Bonchev–Trinajstić information content (AvgIpc) is 2.65. The predicted molar refractivity (Wildman–Crippen MR) is 123 cm³/mol. The highest BCUT2D eigenvalue weighted by molar-refractivity contribution is 14.0. The standard InChI is InChI=1S/C20H35N3O3.HI/c1-6-8-16(11-12-24)14-22-20(21-7-2)23-15(3)18-13-17(25-4)9-10-19(18)26-5;/h9-10,13,15-16,24H,6-8,11-12,14H2,1-5H3,(H2,21,22,23);1H. The fourth-order valence-corrected chi connectivity index (χ4v) is 2.92. The number of methoxy groups -OCH3 is 2. The third-order valence-corrected chi connectivity index (χ3v) is 4.34. The predicted octanol–water partition coefficient (Wildman–Crippen LogP) is 3.74. The molecule has 2 unspecified atom stereocenters. The highest BCUT2D eigenvalue weighted by atomic mass is 127. The summed E-state index contributed by atoms with van der Waals surface area (Å²) in [5.74, 6) is 2.78. The van der Waals surface area contributed by atoms with E-state index in [2.05, 4.69) is 24.5 Å². The van der Waals surface area contributed by atoms with E-state index in [0.29, 0.717) is 12.5 Å². The van der Waals surface area contributed by atoms with Crippen LogP contribution in [-0.4, -0.2) is 45.0 Å². The van der Waals surface area contributed by atoms with Crippen LogP contribution in [0.3, 0.4) is 0 Å². The number of hydrogen-bond donors (Lipinski definition) is 3. The Labute approximate surface area is 181 Å². The van der Waals surface area contributed by atoms with E-state index in [-0.39, 0.29) is 36.6 Å². The first kappa shape index (κ1) is 25.8. The number of aliphatic hydroxyl groups is 1. The minimum absolute atomic E-state index is 0. The van der Waals surface area contributed by atoms with E-state index in [1.54, 1.807) is 14.2 Å². The van der Waals surface area contributed by atoms with Crippen molar-refractivity contribution in [3.8, 4) is 11.5 Å². The molecule has 0 aromatic heterocycles. The highest BCUT2D eigenvalue weighted by Gasteiger charge is 2.15. The molecule has 0 aliphatic heterocycles. The maximum absolute atomic E-state index is 9.23. The number of halogens is 1. The summed E-state index contributed by atoms with van der Waals surface area (Å²) in [5, 5.41) is 16.0. The van der Waals surface area contributed by atoms with E-state index in [4.69, 9.17) is 14.5 Å². The lowest BCUT2D eigenvalue weighted by molar-refractivity contribution is 0.253. The lowest BCUT2D eigenvalue weighted by atomic mass is 10.0.